The number of allylic oxidation sites excluding steroid dienone is 2. The highest BCUT2D eigenvalue weighted by Crippen LogP contribution is 2.34. The monoisotopic (exact) mass is 247 g/mol. The van der Waals surface area contributed by atoms with Gasteiger partial charge in [0.25, 0.3) is 0 Å². The number of carbonyl (C=O) groups excluding carboxylic acids is 3. The van der Waals surface area contributed by atoms with E-state index in [9.17, 15) is 14.4 Å². The fourth-order valence-corrected chi connectivity index (χ4v) is 2.32. The largest absolute Gasteiger partial charge is 0.451 e. The number of imide groups is 1. The molecule has 5 heteroatoms. The predicted molar refractivity (Wildman–Crippen MR) is 61.9 cm³/mol. The van der Waals surface area contributed by atoms with Gasteiger partial charge in [0.2, 0.25) is 11.8 Å². The minimum atomic E-state index is -0.652. The number of rotatable bonds is 3. The summed E-state index contributed by atoms with van der Waals surface area (Å²) in [5, 5.41) is 0. The van der Waals surface area contributed by atoms with E-state index in [0.29, 0.717) is 12.8 Å². The van der Waals surface area contributed by atoms with E-state index < -0.39 is 5.97 Å². The topological polar surface area (TPSA) is 63.7 Å². The van der Waals surface area contributed by atoms with E-state index in [-0.39, 0.29) is 36.8 Å². The van der Waals surface area contributed by atoms with E-state index in [0.717, 1.165) is 4.90 Å². The van der Waals surface area contributed by atoms with Gasteiger partial charge in [0.15, 0.2) is 6.61 Å². The second-order valence-electron chi connectivity index (χ2n) is 4.28. The Morgan fingerprint density at radius 2 is 1.89 bits per heavy atom. The van der Waals surface area contributed by atoms with Crippen molar-refractivity contribution in [3.8, 4) is 12.3 Å². The van der Waals surface area contributed by atoms with Crippen molar-refractivity contribution in [2.24, 2.45) is 11.8 Å². The van der Waals surface area contributed by atoms with Crippen LogP contribution in [0.4, 0.5) is 0 Å². The predicted octanol–water partition coefficient (Wildman–Crippen LogP) is 0.114. The summed E-state index contributed by atoms with van der Waals surface area (Å²) in [4.78, 5) is 36.3. The summed E-state index contributed by atoms with van der Waals surface area (Å²) in [7, 11) is 0. The molecule has 1 saturated heterocycles. The molecule has 0 aromatic heterocycles. The Morgan fingerprint density at radius 3 is 2.39 bits per heavy atom. The lowest BCUT2D eigenvalue weighted by molar-refractivity contribution is -0.152. The van der Waals surface area contributed by atoms with Crippen molar-refractivity contribution in [1.82, 2.24) is 4.90 Å². The zero-order valence-electron chi connectivity index (χ0n) is 9.80. The zero-order chi connectivity index (χ0) is 13.1. The molecule has 0 saturated carbocycles. The number of ether oxygens (including phenoxy) is 1. The summed E-state index contributed by atoms with van der Waals surface area (Å²) in [5.74, 6) is 0.299. The molecule has 1 heterocycles. The second kappa shape index (κ2) is 5.05. The molecule has 94 valence electrons. The standard InChI is InChI=1S/C13H13NO4/c1-2-7-18-11(15)8-14-12(16)9-5-3-4-6-10(9)13(14)17/h1,3-4,9-10H,5-8H2. The molecule has 2 unspecified atom stereocenters. The van der Waals surface area contributed by atoms with Crippen LogP contribution in [0.2, 0.25) is 0 Å². The van der Waals surface area contributed by atoms with Crippen molar-refractivity contribution in [1.29, 1.82) is 0 Å². The number of carbonyl (C=O) groups is 3. The van der Waals surface area contributed by atoms with Crippen LogP contribution in [0.3, 0.4) is 0 Å². The molecule has 18 heavy (non-hydrogen) atoms. The van der Waals surface area contributed by atoms with Gasteiger partial charge >= 0.3 is 5.97 Å². The molecule has 0 aromatic carbocycles. The third-order valence-electron chi connectivity index (χ3n) is 3.20. The molecule has 2 atom stereocenters. The van der Waals surface area contributed by atoms with Gasteiger partial charge in [-0.2, -0.15) is 0 Å². The SMILES string of the molecule is C#CCOC(=O)CN1C(=O)C2CC=CCC2C1=O. The first-order chi connectivity index (χ1) is 8.65. The van der Waals surface area contributed by atoms with Crippen molar-refractivity contribution < 1.29 is 19.1 Å². The Morgan fingerprint density at radius 1 is 1.33 bits per heavy atom. The average Bonchev–Trinajstić information content (AvgIpc) is 2.62. The van der Waals surface area contributed by atoms with E-state index in [1.165, 1.54) is 0 Å². The van der Waals surface area contributed by atoms with Crippen LogP contribution < -0.4 is 0 Å². The summed E-state index contributed by atoms with van der Waals surface area (Å²) in [6.07, 6.45) is 9.86. The molecule has 2 aliphatic rings. The number of fused-ring (bicyclic) bond motifs is 1. The molecular formula is C13H13NO4. The fourth-order valence-electron chi connectivity index (χ4n) is 2.32. The number of nitrogens with zero attached hydrogens (tertiary/aromatic N) is 1. The van der Waals surface area contributed by atoms with Gasteiger partial charge in [-0.3, -0.25) is 19.3 Å². The molecule has 2 amide bonds. The third-order valence-corrected chi connectivity index (χ3v) is 3.20. The Balaban J connectivity index is 2.02. The second-order valence-corrected chi connectivity index (χ2v) is 4.28. The molecule has 1 aliphatic carbocycles. The van der Waals surface area contributed by atoms with Gasteiger partial charge in [-0.05, 0) is 12.8 Å². The Kier molecular flexibility index (Phi) is 3.47. The molecule has 2 rings (SSSR count). The van der Waals surface area contributed by atoms with E-state index in [4.69, 9.17) is 6.42 Å². The first-order valence-corrected chi connectivity index (χ1v) is 5.74. The van der Waals surface area contributed by atoms with Gasteiger partial charge < -0.3 is 4.74 Å². The average molecular weight is 247 g/mol. The van der Waals surface area contributed by atoms with Gasteiger partial charge in [0.05, 0.1) is 11.8 Å². The molecule has 0 spiro atoms. The molecule has 0 aromatic rings. The van der Waals surface area contributed by atoms with E-state index in [2.05, 4.69) is 10.7 Å². The van der Waals surface area contributed by atoms with Crippen LogP contribution in [0, 0.1) is 24.2 Å². The first kappa shape index (κ1) is 12.4. The van der Waals surface area contributed by atoms with Crippen molar-refractivity contribution in [2.45, 2.75) is 12.8 Å². The molecule has 0 radical (unpaired) electrons. The fraction of sp³-hybridized carbons (Fsp3) is 0.462. The van der Waals surface area contributed by atoms with Crippen LogP contribution in [-0.2, 0) is 19.1 Å². The Labute approximate surface area is 105 Å². The summed E-state index contributed by atoms with van der Waals surface area (Å²) >= 11 is 0. The van der Waals surface area contributed by atoms with Crippen LogP contribution in [0.15, 0.2) is 12.2 Å². The van der Waals surface area contributed by atoms with Gasteiger partial charge in [0.1, 0.15) is 6.54 Å². The Bertz CT molecular complexity index is 434. The summed E-state index contributed by atoms with van der Waals surface area (Å²) in [5.41, 5.74) is 0. The number of hydrogen-bond acceptors (Lipinski definition) is 4. The van der Waals surface area contributed by atoms with Gasteiger partial charge in [-0.1, -0.05) is 18.1 Å². The highest BCUT2D eigenvalue weighted by atomic mass is 16.5. The lowest BCUT2D eigenvalue weighted by Crippen LogP contribution is -2.36. The Hall–Kier alpha value is -2.09. The van der Waals surface area contributed by atoms with Crippen LogP contribution in [-0.4, -0.2) is 35.8 Å². The maximum Gasteiger partial charge on any atom is 0.327 e. The number of terminal acetylenes is 1. The highest BCUT2D eigenvalue weighted by molar-refractivity contribution is 6.07. The van der Waals surface area contributed by atoms with Gasteiger partial charge in [0, 0.05) is 0 Å². The third kappa shape index (κ3) is 2.14. The zero-order valence-corrected chi connectivity index (χ0v) is 9.80. The van der Waals surface area contributed by atoms with Crippen molar-refractivity contribution >= 4 is 17.8 Å². The summed E-state index contributed by atoms with van der Waals surface area (Å²) in [6.45, 7) is -0.490. The highest BCUT2D eigenvalue weighted by Gasteiger charge is 2.47. The lowest BCUT2D eigenvalue weighted by atomic mass is 9.85. The number of esters is 1. The summed E-state index contributed by atoms with van der Waals surface area (Å²) < 4.78 is 4.67. The molecule has 0 N–H and O–H groups in total. The molecule has 0 bridgehead atoms. The minimum Gasteiger partial charge on any atom is -0.451 e. The summed E-state index contributed by atoms with van der Waals surface area (Å²) in [6, 6.07) is 0. The lowest BCUT2D eigenvalue weighted by Gasteiger charge is -2.14. The van der Waals surface area contributed by atoms with Gasteiger partial charge in [-0.15, -0.1) is 6.42 Å². The van der Waals surface area contributed by atoms with E-state index in [1.807, 2.05) is 12.2 Å². The quantitative estimate of drug-likeness (QED) is 0.307. The normalized spacial score (nSPS) is 25.8. The van der Waals surface area contributed by atoms with Crippen LogP contribution >= 0.6 is 0 Å². The van der Waals surface area contributed by atoms with Crippen molar-refractivity contribution in [2.75, 3.05) is 13.2 Å². The van der Waals surface area contributed by atoms with Crippen LogP contribution in [0.25, 0.3) is 0 Å². The molecule has 1 fully saturated rings. The van der Waals surface area contributed by atoms with E-state index >= 15 is 0 Å². The van der Waals surface area contributed by atoms with Crippen LogP contribution in [0.5, 0.6) is 0 Å². The number of likely N-dealkylation sites (tertiary alicyclic amines) is 1. The minimum absolute atomic E-state index is 0.149. The molecule has 5 nitrogen and oxygen atoms in total. The number of amides is 2. The molecule has 1 aliphatic heterocycles. The van der Waals surface area contributed by atoms with Gasteiger partial charge in [-0.25, -0.2) is 0 Å². The first-order valence-electron chi connectivity index (χ1n) is 5.74. The molecular weight excluding hydrogens is 234 g/mol. The van der Waals surface area contributed by atoms with Crippen molar-refractivity contribution in [3.63, 3.8) is 0 Å². The van der Waals surface area contributed by atoms with Crippen molar-refractivity contribution in [3.05, 3.63) is 12.2 Å². The maximum atomic E-state index is 12.0. The van der Waals surface area contributed by atoms with Crippen LogP contribution in [0.1, 0.15) is 12.8 Å². The maximum absolute atomic E-state index is 12.0. The number of hydrogen-bond donors (Lipinski definition) is 0. The smallest absolute Gasteiger partial charge is 0.327 e. The van der Waals surface area contributed by atoms with E-state index in [1.54, 1.807) is 0 Å².